The molecule has 32 heavy (non-hydrogen) atoms. The van der Waals surface area contributed by atoms with Gasteiger partial charge in [0.15, 0.2) is 0 Å². The fourth-order valence-electron chi connectivity index (χ4n) is 5.51. The third-order valence-electron chi connectivity index (χ3n) is 6.87. The van der Waals surface area contributed by atoms with Gasteiger partial charge < -0.3 is 0 Å². The van der Waals surface area contributed by atoms with Crippen LogP contribution in [0, 0.1) is 0 Å². The van der Waals surface area contributed by atoms with Crippen molar-refractivity contribution >= 4 is 44.4 Å². The van der Waals surface area contributed by atoms with E-state index < -0.39 is 0 Å². The second kappa shape index (κ2) is 6.95. The minimum absolute atomic E-state index is 0.0460. The monoisotopic (exact) mass is 540 g/mol. The second-order valence-corrected chi connectivity index (χ2v) is 13.8. The topological polar surface area (TPSA) is 0 Å². The first kappa shape index (κ1) is 18.9. The van der Waals surface area contributed by atoms with Crippen LogP contribution in [0.4, 0.5) is 0 Å². The summed E-state index contributed by atoms with van der Waals surface area (Å²) in [5, 5.41) is 0. The van der Waals surface area contributed by atoms with Crippen molar-refractivity contribution in [2.45, 2.75) is 8.63 Å². The molecule has 0 fully saturated rings. The zero-order chi connectivity index (χ0) is 21.2. The first-order chi connectivity index (χ1) is 15.8. The van der Waals surface area contributed by atoms with Gasteiger partial charge in [0, 0.05) is 0 Å². The summed E-state index contributed by atoms with van der Waals surface area (Å²) in [6, 6.07) is 38.5. The molecule has 0 radical (unpaired) electrons. The van der Waals surface area contributed by atoms with E-state index in [-0.39, 0.29) is 8.63 Å². The quantitative estimate of drug-likeness (QED) is 0.323. The maximum atomic E-state index is 2.55. The summed E-state index contributed by atoms with van der Waals surface area (Å²) in [4.78, 5) is 0. The Hall–Kier alpha value is -2.60. The van der Waals surface area contributed by atoms with Crippen molar-refractivity contribution in [2.24, 2.45) is 0 Å². The van der Waals surface area contributed by atoms with Crippen molar-refractivity contribution in [1.82, 2.24) is 0 Å². The van der Waals surface area contributed by atoms with E-state index in [4.69, 9.17) is 0 Å². The summed E-state index contributed by atoms with van der Waals surface area (Å²) in [6.07, 6.45) is 7.29. The van der Waals surface area contributed by atoms with Crippen LogP contribution < -0.4 is 8.92 Å². The molecule has 0 N–H and O–H groups in total. The molecular formula is C30H20Se2. The van der Waals surface area contributed by atoms with Gasteiger partial charge in [-0.3, -0.25) is 0 Å². The van der Waals surface area contributed by atoms with Crippen molar-refractivity contribution < 1.29 is 0 Å². The Bertz CT molecular complexity index is 1420. The summed E-state index contributed by atoms with van der Waals surface area (Å²) in [5.41, 5.74) is 8.65. The number of hydrogen-bond acceptors (Lipinski definition) is 0. The molecule has 0 amide bonds. The number of rotatable bonds is 2. The standard InChI is InChI=1S/C30H20Se2/c1-3-10-21(11-4-1)23-17-18-25-28(20-23)32-30-24(22-12-5-2-6-13-22)15-9-19-29(25,30)31-27-16-8-7-14-26(27)30/h1-20H. The van der Waals surface area contributed by atoms with Crippen LogP contribution in [0.5, 0.6) is 0 Å². The molecule has 7 rings (SSSR count). The Balaban J connectivity index is 1.49. The third-order valence-corrected chi connectivity index (χ3v) is 14.2. The molecule has 1 aliphatic carbocycles. The van der Waals surface area contributed by atoms with Gasteiger partial charge in [0.25, 0.3) is 0 Å². The Morgan fingerprint density at radius 1 is 0.531 bits per heavy atom. The van der Waals surface area contributed by atoms with E-state index >= 15 is 0 Å². The van der Waals surface area contributed by atoms with Crippen molar-refractivity contribution in [3.05, 3.63) is 138 Å². The molecule has 0 spiro atoms. The molecule has 3 aliphatic rings. The van der Waals surface area contributed by atoms with Crippen LogP contribution in [0.1, 0.15) is 16.7 Å². The Morgan fingerprint density at radius 3 is 2.06 bits per heavy atom. The fourth-order valence-corrected chi connectivity index (χ4v) is 14.2. The van der Waals surface area contributed by atoms with E-state index in [1.165, 1.54) is 22.3 Å². The summed E-state index contributed by atoms with van der Waals surface area (Å²) in [7, 11) is 0. The summed E-state index contributed by atoms with van der Waals surface area (Å²) in [5.74, 6) is 0. The summed E-state index contributed by atoms with van der Waals surface area (Å²) < 4.78 is 3.27. The van der Waals surface area contributed by atoms with Crippen molar-refractivity contribution in [2.75, 3.05) is 0 Å². The van der Waals surface area contributed by atoms with Gasteiger partial charge in [-0.1, -0.05) is 0 Å². The molecule has 4 aromatic rings. The molecule has 152 valence electrons. The van der Waals surface area contributed by atoms with Crippen LogP contribution in [0.15, 0.2) is 121 Å². The van der Waals surface area contributed by atoms with Crippen LogP contribution in [0.3, 0.4) is 0 Å². The summed E-state index contributed by atoms with van der Waals surface area (Å²) >= 11 is 0.656. The fraction of sp³-hybridized carbons (Fsp3) is 0.0667. The molecule has 2 heteroatoms. The van der Waals surface area contributed by atoms with Gasteiger partial charge in [-0.2, -0.15) is 0 Å². The second-order valence-electron chi connectivity index (χ2n) is 8.50. The van der Waals surface area contributed by atoms with Gasteiger partial charge in [-0.25, -0.2) is 0 Å². The van der Waals surface area contributed by atoms with Crippen LogP contribution in [0.2, 0.25) is 0 Å². The van der Waals surface area contributed by atoms with E-state index in [1.54, 1.807) is 20.1 Å². The van der Waals surface area contributed by atoms with Crippen LogP contribution in [0.25, 0.3) is 16.7 Å². The first-order valence-electron chi connectivity index (χ1n) is 10.9. The molecule has 2 unspecified atom stereocenters. The van der Waals surface area contributed by atoms with Crippen molar-refractivity contribution in [3.8, 4) is 11.1 Å². The SMILES string of the molecule is C1=CC23[Se]c4ccccc4C2([Se]c2cc(-c4ccccc4)ccc23)C(c2ccccc2)=C1. The average Bonchev–Trinajstić information content (AvgIpc) is 3.32. The Kier molecular flexibility index (Phi) is 4.11. The average molecular weight is 538 g/mol. The maximum absolute atomic E-state index is 2.55. The van der Waals surface area contributed by atoms with Crippen LogP contribution in [-0.2, 0) is 8.63 Å². The van der Waals surface area contributed by atoms with Crippen molar-refractivity contribution in [1.29, 1.82) is 0 Å². The number of allylic oxidation sites excluding steroid dienone is 4. The minimum atomic E-state index is 0.0460. The number of benzene rings is 4. The van der Waals surface area contributed by atoms with Crippen LogP contribution in [-0.4, -0.2) is 29.9 Å². The Labute approximate surface area is 201 Å². The van der Waals surface area contributed by atoms with E-state index in [9.17, 15) is 0 Å². The van der Waals surface area contributed by atoms with Crippen molar-refractivity contribution in [3.63, 3.8) is 0 Å². The summed E-state index contributed by atoms with van der Waals surface area (Å²) in [6.45, 7) is 0. The van der Waals surface area contributed by atoms with Gasteiger partial charge in [0.1, 0.15) is 0 Å². The molecule has 2 atom stereocenters. The van der Waals surface area contributed by atoms with Gasteiger partial charge in [-0.15, -0.1) is 0 Å². The predicted molar refractivity (Wildman–Crippen MR) is 136 cm³/mol. The zero-order valence-electron chi connectivity index (χ0n) is 17.4. The normalized spacial score (nSPS) is 24.3. The van der Waals surface area contributed by atoms with Gasteiger partial charge in [0.2, 0.25) is 0 Å². The third kappa shape index (κ3) is 2.39. The Morgan fingerprint density at radius 2 is 1.25 bits per heavy atom. The molecule has 0 saturated heterocycles. The first-order valence-corrected chi connectivity index (χ1v) is 14.4. The number of hydrogen-bond donors (Lipinski definition) is 0. The van der Waals surface area contributed by atoms with Gasteiger partial charge >= 0.3 is 202 Å². The molecule has 0 nitrogen and oxygen atoms in total. The number of fused-ring (bicyclic) bond motifs is 2. The van der Waals surface area contributed by atoms with E-state index in [0.717, 1.165) is 0 Å². The van der Waals surface area contributed by atoms with Gasteiger partial charge in [0.05, 0.1) is 0 Å². The zero-order valence-corrected chi connectivity index (χ0v) is 20.8. The predicted octanol–water partition coefficient (Wildman–Crippen LogP) is 4.78. The molecule has 2 aliphatic heterocycles. The molecule has 2 heterocycles. The molecule has 0 bridgehead atoms. The van der Waals surface area contributed by atoms with Gasteiger partial charge in [-0.05, 0) is 0 Å². The molecule has 0 saturated carbocycles. The van der Waals surface area contributed by atoms with E-state index in [0.29, 0.717) is 29.9 Å². The van der Waals surface area contributed by atoms with E-state index in [1.807, 2.05) is 0 Å². The van der Waals surface area contributed by atoms with Crippen LogP contribution >= 0.6 is 0 Å². The molecule has 4 aromatic carbocycles. The van der Waals surface area contributed by atoms with E-state index in [2.05, 4.69) is 121 Å². The molecule has 0 aromatic heterocycles. The molecular weight excluding hydrogens is 518 g/mol.